The zero-order valence-electron chi connectivity index (χ0n) is 14.4. The van der Waals surface area contributed by atoms with Gasteiger partial charge in [-0.05, 0) is 39.1 Å². The first-order valence-corrected chi connectivity index (χ1v) is 8.52. The molecule has 0 aromatic carbocycles. The zero-order chi connectivity index (χ0) is 16.9. The molecule has 6 nitrogen and oxygen atoms in total. The molecule has 0 amide bonds. The van der Waals surface area contributed by atoms with Gasteiger partial charge < -0.3 is 20.2 Å². The first-order chi connectivity index (χ1) is 10.9. The van der Waals surface area contributed by atoms with Crippen molar-refractivity contribution in [2.45, 2.75) is 39.8 Å². The number of oxazole rings is 1. The summed E-state index contributed by atoms with van der Waals surface area (Å²) < 4.78 is 5.53. The normalized spacial score (nSPS) is 14.0. The van der Waals surface area contributed by atoms with E-state index >= 15 is 0 Å². The van der Waals surface area contributed by atoms with Gasteiger partial charge in [0.2, 0.25) is 5.89 Å². The van der Waals surface area contributed by atoms with E-state index in [0.717, 1.165) is 22.9 Å². The second kappa shape index (κ2) is 9.38. The van der Waals surface area contributed by atoms with Gasteiger partial charge in [-0.3, -0.25) is 0 Å². The molecule has 2 rings (SSSR count). The monoisotopic (exact) mass is 464 g/mol. The number of aliphatic hydroxyl groups is 1. The highest BCUT2D eigenvalue weighted by Crippen LogP contribution is 2.24. The Kier molecular flexibility index (Phi) is 8.17. The highest BCUT2D eigenvalue weighted by Gasteiger charge is 2.24. The molecule has 134 valence electrons. The number of aryl methyl sites for hydroxylation is 2. The minimum Gasteiger partial charge on any atom is -0.444 e. The van der Waals surface area contributed by atoms with Crippen LogP contribution in [0.4, 0.5) is 0 Å². The molecule has 0 fully saturated rings. The minimum atomic E-state index is -0.944. The van der Waals surface area contributed by atoms with Gasteiger partial charge in [0.15, 0.2) is 5.96 Å². The molecule has 0 aliphatic heterocycles. The molecule has 0 saturated carbocycles. The molecule has 8 heteroatoms. The molecule has 2 aromatic rings. The summed E-state index contributed by atoms with van der Waals surface area (Å²) in [5.74, 6) is 2.02. The molecule has 1 unspecified atom stereocenters. The van der Waals surface area contributed by atoms with Gasteiger partial charge in [-0.1, -0.05) is 6.07 Å². The van der Waals surface area contributed by atoms with Crippen molar-refractivity contribution in [3.05, 3.63) is 39.7 Å². The van der Waals surface area contributed by atoms with Crippen molar-refractivity contribution in [1.82, 2.24) is 15.6 Å². The summed E-state index contributed by atoms with van der Waals surface area (Å²) in [5.41, 5.74) is -0.0608. The van der Waals surface area contributed by atoms with Crippen LogP contribution >= 0.6 is 35.3 Å². The lowest BCUT2D eigenvalue weighted by Crippen LogP contribution is -2.44. The SMILES string of the molecule is CCNC(=NCc1nc(C)c(C)o1)NCC(C)(O)c1cccs1.I. The Bertz CT molecular complexity index is 634. The van der Waals surface area contributed by atoms with E-state index in [1.54, 1.807) is 6.92 Å². The van der Waals surface area contributed by atoms with Crippen molar-refractivity contribution in [2.24, 2.45) is 4.99 Å². The van der Waals surface area contributed by atoms with Crippen molar-refractivity contribution in [1.29, 1.82) is 0 Å². The van der Waals surface area contributed by atoms with Crippen LogP contribution in [0, 0.1) is 13.8 Å². The van der Waals surface area contributed by atoms with E-state index in [9.17, 15) is 5.11 Å². The minimum absolute atomic E-state index is 0. The predicted molar refractivity (Wildman–Crippen MR) is 108 cm³/mol. The second-order valence-corrected chi connectivity index (χ2v) is 6.50. The van der Waals surface area contributed by atoms with E-state index in [-0.39, 0.29) is 24.0 Å². The highest BCUT2D eigenvalue weighted by atomic mass is 127. The maximum absolute atomic E-state index is 10.6. The van der Waals surface area contributed by atoms with Gasteiger partial charge in [0, 0.05) is 11.4 Å². The Morgan fingerprint density at radius 3 is 2.71 bits per heavy atom. The number of hydrogen-bond donors (Lipinski definition) is 3. The van der Waals surface area contributed by atoms with Gasteiger partial charge in [0.05, 0.1) is 12.2 Å². The summed E-state index contributed by atoms with van der Waals surface area (Å²) in [5, 5.41) is 18.8. The summed E-state index contributed by atoms with van der Waals surface area (Å²) >= 11 is 1.53. The van der Waals surface area contributed by atoms with Crippen LogP contribution in [0.5, 0.6) is 0 Å². The van der Waals surface area contributed by atoms with Gasteiger partial charge in [0.1, 0.15) is 17.9 Å². The van der Waals surface area contributed by atoms with Crippen LogP contribution in [-0.2, 0) is 12.1 Å². The van der Waals surface area contributed by atoms with Crippen LogP contribution in [0.15, 0.2) is 26.9 Å². The van der Waals surface area contributed by atoms with Crippen LogP contribution in [0.1, 0.15) is 36.1 Å². The lowest BCUT2D eigenvalue weighted by Gasteiger charge is -2.23. The molecular weight excluding hydrogens is 439 g/mol. The first-order valence-electron chi connectivity index (χ1n) is 7.64. The van der Waals surface area contributed by atoms with Crippen molar-refractivity contribution in [2.75, 3.05) is 13.1 Å². The number of thiophene rings is 1. The summed E-state index contributed by atoms with van der Waals surface area (Å²) in [6.07, 6.45) is 0. The molecule has 1 atom stereocenters. The third kappa shape index (κ3) is 5.75. The fraction of sp³-hybridized carbons (Fsp3) is 0.500. The van der Waals surface area contributed by atoms with Crippen molar-refractivity contribution < 1.29 is 9.52 Å². The lowest BCUT2D eigenvalue weighted by molar-refractivity contribution is 0.0655. The molecule has 3 N–H and O–H groups in total. The van der Waals surface area contributed by atoms with E-state index in [1.807, 2.05) is 38.3 Å². The Labute approximate surface area is 163 Å². The molecule has 0 aliphatic carbocycles. The molecule has 0 bridgehead atoms. The number of nitrogens with one attached hydrogen (secondary N) is 2. The number of aliphatic imine (C=N–C) groups is 1. The molecule has 0 saturated heterocycles. The Morgan fingerprint density at radius 1 is 1.42 bits per heavy atom. The van der Waals surface area contributed by atoms with Crippen molar-refractivity contribution >= 4 is 41.3 Å². The quantitative estimate of drug-likeness (QED) is 0.348. The fourth-order valence-corrected chi connectivity index (χ4v) is 2.81. The van der Waals surface area contributed by atoms with Crippen LogP contribution in [0.3, 0.4) is 0 Å². The maximum Gasteiger partial charge on any atom is 0.216 e. The van der Waals surface area contributed by atoms with Crippen LogP contribution < -0.4 is 10.6 Å². The Balaban J connectivity index is 0.00000288. The number of rotatable bonds is 6. The van der Waals surface area contributed by atoms with E-state index in [2.05, 4.69) is 20.6 Å². The van der Waals surface area contributed by atoms with Crippen molar-refractivity contribution in [3.63, 3.8) is 0 Å². The molecule has 0 aliphatic rings. The van der Waals surface area contributed by atoms with Gasteiger partial charge in [0.25, 0.3) is 0 Å². The number of guanidine groups is 1. The van der Waals surface area contributed by atoms with Crippen LogP contribution in [-0.4, -0.2) is 29.1 Å². The van der Waals surface area contributed by atoms with Gasteiger partial charge in [-0.15, -0.1) is 35.3 Å². The van der Waals surface area contributed by atoms with Crippen molar-refractivity contribution in [3.8, 4) is 0 Å². The smallest absolute Gasteiger partial charge is 0.216 e. The molecule has 0 spiro atoms. The standard InChI is InChI=1S/C16H24N4O2S.HI/c1-5-17-15(18-9-14-20-11(2)12(3)22-14)19-10-16(4,21)13-7-6-8-23-13;/h6-8,21H,5,9-10H2,1-4H3,(H2,17,18,19);1H. The van der Waals surface area contributed by atoms with E-state index in [0.29, 0.717) is 24.9 Å². The molecule has 2 heterocycles. The second-order valence-electron chi connectivity index (χ2n) is 5.55. The number of halogens is 1. The Hall–Kier alpha value is -1.13. The summed E-state index contributed by atoms with van der Waals surface area (Å²) in [6, 6.07) is 3.86. The summed E-state index contributed by atoms with van der Waals surface area (Å²) in [6.45, 7) is 9.03. The molecular formula is C16H25IN4O2S. The van der Waals surface area contributed by atoms with Gasteiger partial charge in [-0.2, -0.15) is 0 Å². The topological polar surface area (TPSA) is 82.7 Å². The Morgan fingerprint density at radius 2 is 2.17 bits per heavy atom. The van der Waals surface area contributed by atoms with E-state index < -0.39 is 5.60 Å². The third-order valence-electron chi connectivity index (χ3n) is 3.44. The summed E-state index contributed by atoms with van der Waals surface area (Å²) in [7, 11) is 0. The highest BCUT2D eigenvalue weighted by molar-refractivity contribution is 14.0. The molecule has 0 radical (unpaired) electrons. The number of nitrogens with zero attached hydrogens (tertiary/aromatic N) is 2. The lowest BCUT2D eigenvalue weighted by atomic mass is 10.1. The fourth-order valence-electron chi connectivity index (χ4n) is 2.02. The largest absolute Gasteiger partial charge is 0.444 e. The summed E-state index contributed by atoms with van der Waals surface area (Å²) in [4.78, 5) is 9.68. The average molecular weight is 464 g/mol. The average Bonchev–Trinajstić information content (AvgIpc) is 3.13. The first kappa shape index (κ1) is 20.9. The van der Waals surface area contributed by atoms with E-state index in [1.165, 1.54) is 11.3 Å². The zero-order valence-corrected chi connectivity index (χ0v) is 17.6. The predicted octanol–water partition coefficient (Wildman–Crippen LogP) is 2.93. The van der Waals surface area contributed by atoms with Gasteiger partial charge in [-0.25, -0.2) is 9.98 Å². The third-order valence-corrected chi connectivity index (χ3v) is 4.56. The molecule has 24 heavy (non-hydrogen) atoms. The molecule has 2 aromatic heterocycles. The van der Waals surface area contributed by atoms with Crippen LogP contribution in [0.25, 0.3) is 0 Å². The number of hydrogen-bond acceptors (Lipinski definition) is 5. The van der Waals surface area contributed by atoms with E-state index in [4.69, 9.17) is 4.42 Å². The maximum atomic E-state index is 10.6. The van der Waals surface area contributed by atoms with Gasteiger partial charge >= 0.3 is 0 Å². The van der Waals surface area contributed by atoms with Crippen LogP contribution in [0.2, 0.25) is 0 Å². The number of aromatic nitrogens is 1.